The van der Waals surface area contributed by atoms with Crippen molar-refractivity contribution >= 4 is 47.8 Å². The second kappa shape index (κ2) is 7.51. The van der Waals surface area contributed by atoms with Crippen molar-refractivity contribution in [2.75, 3.05) is 27.2 Å². The molecule has 0 unspecified atom stereocenters. The van der Waals surface area contributed by atoms with E-state index in [0.717, 1.165) is 48.3 Å². The number of furan rings is 1. The molecule has 3 nitrogen and oxygen atoms in total. The highest BCUT2D eigenvalue weighted by Crippen LogP contribution is 2.36. The fraction of sp³-hybridized carbons (Fsp3) is 0.375. The summed E-state index contributed by atoms with van der Waals surface area (Å²) in [7, 11) is 4.35. The SMILES string of the molecule is Cc1ccc(C[N+](C)(C)CCOc2c(Br)cc(Br)cc2Br)o1. The van der Waals surface area contributed by atoms with Crippen molar-refractivity contribution in [3.63, 3.8) is 0 Å². The zero-order valence-electron chi connectivity index (χ0n) is 12.8. The van der Waals surface area contributed by atoms with E-state index in [1.807, 2.05) is 31.2 Å². The molecule has 0 aliphatic rings. The van der Waals surface area contributed by atoms with E-state index in [4.69, 9.17) is 9.15 Å². The molecule has 120 valence electrons. The summed E-state index contributed by atoms with van der Waals surface area (Å²) in [4.78, 5) is 0. The van der Waals surface area contributed by atoms with E-state index in [1.165, 1.54) is 0 Å². The van der Waals surface area contributed by atoms with Gasteiger partial charge in [-0.05, 0) is 63.0 Å². The minimum Gasteiger partial charge on any atom is -0.485 e. The van der Waals surface area contributed by atoms with Crippen molar-refractivity contribution < 1.29 is 13.6 Å². The van der Waals surface area contributed by atoms with Crippen LogP contribution in [-0.4, -0.2) is 31.7 Å². The molecule has 6 heteroatoms. The van der Waals surface area contributed by atoms with Crippen LogP contribution in [-0.2, 0) is 6.54 Å². The topological polar surface area (TPSA) is 22.4 Å². The van der Waals surface area contributed by atoms with Crippen LogP contribution in [0.15, 0.2) is 42.1 Å². The zero-order chi connectivity index (χ0) is 16.3. The standard InChI is InChI=1S/C16H19Br3NO2/c1-11-4-5-13(22-11)10-20(2,3)6-7-21-16-14(18)8-12(17)9-15(16)19/h4-5,8-9H,6-7,10H2,1-3H3/q+1. The molecular weight excluding hydrogens is 478 g/mol. The molecule has 0 amide bonds. The number of nitrogens with zero attached hydrogens (tertiary/aromatic N) is 1. The summed E-state index contributed by atoms with van der Waals surface area (Å²) >= 11 is 10.5. The Morgan fingerprint density at radius 1 is 1.09 bits per heavy atom. The molecule has 2 rings (SSSR count). The van der Waals surface area contributed by atoms with Crippen molar-refractivity contribution in [2.24, 2.45) is 0 Å². The Hall–Kier alpha value is -0.300. The Kier molecular flexibility index (Phi) is 6.16. The molecule has 0 bridgehead atoms. The first-order valence-electron chi connectivity index (χ1n) is 6.91. The van der Waals surface area contributed by atoms with Crippen LogP contribution < -0.4 is 4.74 Å². The van der Waals surface area contributed by atoms with E-state index >= 15 is 0 Å². The number of hydrogen-bond acceptors (Lipinski definition) is 2. The molecule has 0 aliphatic heterocycles. The first-order valence-corrected chi connectivity index (χ1v) is 9.29. The molecule has 0 aliphatic carbocycles. The molecule has 0 N–H and O–H groups in total. The van der Waals surface area contributed by atoms with E-state index in [-0.39, 0.29) is 0 Å². The van der Waals surface area contributed by atoms with Crippen LogP contribution in [0.25, 0.3) is 0 Å². The third-order valence-electron chi connectivity index (χ3n) is 3.29. The van der Waals surface area contributed by atoms with Gasteiger partial charge in [0.05, 0.1) is 23.0 Å². The van der Waals surface area contributed by atoms with Crippen LogP contribution in [0.5, 0.6) is 5.75 Å². The summed E-state index contributed by atoms with van der Waals surface area (Å²) in [5, 5.41) is 0. The Morgan fingerprint density at radius 3 is 2.27 bits per heavy atom. The van der Waals surface area contributed by atoms with Gasteiger partial charge in [0, 0.05) is 4.47 Å². The maximum atomic E-state index is 5.94. The number of aryl methyl sites for hydroxylation is 1. The fourth-order valence-electron chi connectivity index (χ4n) is 2.13. The van der Waals surface area contributed by atoms with Gasteiger partial charge in [-0.25, -0.2) is 0 Å². The summed E-state index contributed by atoms with van der Waals surface area (Å²) < 4.78 is 15.3. The lowest BCUT2D eigenvalue weighted by Gasteiger charge is -2.28. The Morgan fingerprint density at radius 2 is 1.73 bits per heavy atom. The summed E-state index contributed by atoms with van der Waals surface area (Å²) in [6.45, 7) is 4.33. The van der Waals surface area contributed by atoms with Gasteiger partial charge < -0.3 is 13.6 Å². The lowest BCUT2D eigenvalue weighted by Crippen LogP contribution is -2.41. The quantitative estimate of drug-likeness (QED) is 0.490. The lowest BCUT2D eigenvalue weighted by atomic mass is 10.3. The molecule has 0 fully saturated rings. The molecule has 2 aromatic rings. The Bertz CT molecular complexity index is 630. The minimum atomic E-state index is 0.630. The fourth-order valence-corrected chi connectivity index (χ4v) is 4.62. The minimum absolute atomic E-state index is 0.630. The van der Waals surface area contributed by atoms with Crippen LogP contribution in [0.1, 0.15) is 11.5 Å². The third kappa shape index (κ3) is 5.11. The largest absolute Gasteiger partial charge is 0.485 e. The zero-order valence-corrected chi connectivity index (χ0v) is 17.6. The van der Waals surface area contributed by atoms with Crippen molar-refractivity contribution in [2.45, 2.75) is 13.5 Å². The van der Waals surface area contributed by atoms with Gasteiger partial charge in [-0.3, -0.25) is 0 Å². The molecule has 1 heterocycles. The van der Waals surface area contributed by atoms with E-state index in [0.29, 0.717) is 6.61 Å². The molecule has 0 radical (unpaired) electrons. The van der Waals surface area contributed by atoms with Gasteiger partial charge in [0.25, 0.3) is 0 Å². The van der Waals surface area contributed by atoms with E-state index in [1.54, 1.807) is 0 Å². The highest BCUT2D eigenvalue weighted by atomic mass is 79.9. The number of halogens is 3. The molecular formula is C16H19Br3NO2+. The highest BCUT2D eigenvalue weighted by molar-refractivity contribution is 9.11. The number of rotatable bonds is 6. The number of quaternary nitrogens is 1. The van der Waals surface area contributed by atoms with Crippen LogP contribution in [0, 0.1) is 6.92 Å². The first-order chi connectivity index (χ1) is 10.3. The van der Waals surface area contributed by atoms with Gasteiger partial charge in [0.2, 0.25) is 0 Å². The van der Waals surface area contributed by atoms with Gasteiger partial charge >= 0.3 is 0 Å². The van der Waals surface area contributed by atoms with E-state index < -0.39 is 0 Å². The van der Waals surface area contributed by atoms with Gasteiger partial charge in [-0.2, -0.15) is 0 Å². The number of ether oxygens (including phenoxy) is 1. The van der Waals surface area contributed by atoms with Gasteiger partial charge in [-0.15, -0.1) is 0 Å². The van der Waals surface area contributed by atoms with Gasteiger partial charge in [0.1, 0.15) is 31.2 Å². The average molecular weight is 497 g/mol. The van der Waals surface area contributed by atoms with Crippen molar-refractivity contribution in [3.8, 4) is 5.75 Å². The third-order valence-corrected chi connectivity index (χ3v) is 4.92. The van der Waals surface area contributed by atoms with Crippen molar-refractivity contribution in [3.05, 3.63) is 49.2 Å². The maximum absolute atomic E-state index is 5.94. The number of likely N-dealkylation sites (N-methyl/N-ethyl adjacent to an activating group) is 1. The predicted molar refractivity (Wildman–Crippen MR) is 99.2 cm³/mol. The second-order valence-corrected chi connectivity index (χ2v) is 8.50. The Labute approximate surface area is 156 Å². The summed E-state index contributed by atoms with van der Waals surface area (Å²) in [5.74, 6) is 2.79. The smallest absolute Gasteiger partial charge is 0.158 e. The van der Waals surface area contributed by atoms with E-state index in [9.17, 15) is 0 Å². The van der Waals surface area contributed by atoms with Crippen LogP contribution in [0.4, 0.5) is 0 Å². The average Bonchev–Trinajstić information content (AvgIpc) is 2.77. The molecule has 22 heavy (non-hydrogen) atoms. The first kappa shape index (κ1) is 18.0. The van der Waals surface area contributed by atoms with Crippen LogP contribution in [0.3, 0.4) is 0 Å². The number of hydrogen-bond donors (Lipinski definition) is 0. The maximum Gasteiger partial charge on any atom is 0.158 e. The van der Waals surface area contributed by atoms with Gasteiger partial charge in [-0.1, -0.05) is 15.9 Å². The highest BCUT2D eigenvalue weighted by Gasteiger charge is 2.19. The second-order valence-electron chi connectivity index (χ2n) is 5.88. The molecule has 0 saturated heterocycles. The van der Waals surface area contributed by atoms with Crippen LogP contribution >= 0.6 is 47.8 Å². The van der Waals surface area contributed by atoms with E-state index in [2.05, 4.69) is 61.9 Å². The van der Waals surface area contributed by atoms with Crippen LogP contribution in [0.2, 0.25) is 0 Å². The summed E-state index contributed by atoms with van der Waals surface area (Å²) in [6.07, 6.45) is 0. The summed E-state index contributed by atoms with van der Waals surface area (Å²) in [6, 6.07) is 8.00. The molecule has 0 atom stereocenters. The lowest BCUT2D eigenvalue weighted by molar-refractivity contribution is -0.904. The van der Waals surface area contributed by atoms with Crippen molar-refractivity contribution in [1.29, 1.82) is 0 Å². The number of benzene rings is 1. The monoisotopic (exact) mass is 494 g/mol. The van der Waals surface area contributed by atoms with Crippen molar-refractivity contribution in [1.82, 2.24) is 0 Å². The molecule has 0 spiro atoms. The molecule has 0 saturated carbocycles. The predicted octanol–water partition coefficient (Wildman–Crippen LogP) is 5.53. The summed E-state index contributed by atoms with van der Waals surface area (Å²) in [5.41, 5.74) is 0. The van der Waals surface area contributed by atoms with Gasteiger partial charge in [0.15, 0.2) is 5.76 Å². The Balaban J connectivity index is 1.92. The molecule has 1 aromatic carbocycles. The normalized spacial score (nSPS) is 11.7. The molecule has 1 aromatic heterocycles.